The SMILES string of the molecule is Fc1ccc(-c2nnc(CN3CCCCCC3)o2)cc1. The third kappa shape index (κ3) is 3.22. The third-order valence-corrected chi connectivity index (χ3v) is 3.62. The number of nitrogens with zero attached hydrogens (tertiary/aromatic N) is 3. The zero-order valence-electron chi connectivity index (χ0n) is 11.4. The summed E-state index contributed by atoms with van der Waals surface area (Å²) in [5.41, 5.74) is 0.751. The van der Waals surface area contributed by atoms with Crippen molar-refractivity contribution in [2.75, 3.05) is 13.1 Å². The molecule has 1 aliphatic heterocycles. The van der Waals surface area contributed by atoms with Crippen LogP contribution >= 0.6 is 0 Å². The summed E-state index contributed by atoms with van der Waals surface area (Å²) in [4.78, 5) is 2.36. The molecule has 1 aliphatic rings. The Labute approximate surface area is 117 Å². The summed E-state index contributed by atoms with van der Waals surface area (Å²) >= 11 is 0. The Hall–Kier alpha value is -1.75. The summed E-state index contributed by atoms with van der Waals surface area (Å²) < 4.78 is 18.5. The summed E-state index contributed by atoms with van der Waals surface area (Å²) in [5.74, 6) is 0.819. The molecule has 20 heavy (non-hydrogen) atoms. The first kappa shape index (κ1) is 13.2. The van der Waals surface area contributed by atoms with E-state index in [9.17, 15) is 4.39 Å². The lowest BCUT2D eigenvalue weighted by atomic mass is 10.2. The van der Waals surface area contributed by atoms with E-state index in [1.807, 2.05) is 0 Å². The lowest BCUT2D eigenvalue weighted by Crippen LogP contribution is -2.24. The van der Waals surface area contributed by atoms with E-state index >= 15 is 0 Å². The van der Waals surface area contributed by atoms with Gasteiger partial charge in [-0.3, -0.25) is 4.90 Å². The highest BCUT2D eigenvalue weighted by atomic mass is 19.1. The van der Waals surface area contributed by atoms with Gasteiger partial charge < -0.3 is 4.42 Å². The van der Waals surface area contributed by atoms with Crippen LogP contribution in [0.2, 0.25) is 0 Å². The van der Waals surface area contributed by atoms with Crippen LogP contribution in [0.15, 0.2) is 28.7 Å². The standard InChI is InChI=1S/C15H18FN3O/c16-13-7-5-12(6-8-13)15-18-17-14(20-15)11-19-9-3-1-2-4-10-19/h5-8H,1-4,9-11H2. The molecule has 0 aliphatic carbocycles. The van der Waals surface area contributed by atoms with Crippen LogP contribution in [0.3, 0.4) is 0 Å². The Morgan fingerprint density at radius 1 is 1.00 bits per heavy atom. The third-order valence-electron chi connectivity index (χ3n) is 3.62. The Kier molecular flexibility index (Phi) is 4.06. The normalized spacial score (nSPS) is 17.1. The minimum atomic E-state index is -0.266. The van der Waals surface area contributed by atoms with E-state index in [-0.39, 0.29) is 5.82 Å². The van der Waals surface area contributed by atoms with Crippen LogP contribution in [-0.4, -0.2) is 28.2 Å². The topological polar surface area (TPSA) is 42.2 Å². The fraction of sp³-hybridized carbons (Fsp3) is 0.467. The van der Waals surface area contributed by atoms with Crippen molar-refractivity contribution in [3.8, 4) is 11.5 Å². The molecule has 0 atom stereocenters. The van der Waals surface area contributed by atoms with Crippen molar-refractivity contribution in [1.82, 2.24) is 15.1 Å². The first-order valence-electron chi connectivity index (χ1n) is 7.12. The number of aromatic nitrogens is 2. The van der Waals surface area contributed by atoms with E-state index in [1.54, 1.807) is 12.1 Å². The largest absolute Gasteiger partial charge is 0.419 e. The van der Waals surface area contributed by atoms with Crippen LogP contribution in [-0.2, 0) is 6.54 Å². The summed E-state index contributed by atoms with van der Waals surface area (Å²) in [7, 11) is 0. The summed E-state index contributed by atoms with van der Waals surface area (Å²) in [5, 5.41) is 8.13. The summed E-state index contributed by atoms with van der Waals surface area (Å²) in [6, 6.07) is 6.10. The molecule has 0 radical (unpaired) electrons. The van der Waals surface area contributed by atoms with Crippen LogP contribution in [0.5, 0.6) is 0 Å². The molecule has 2 aromatic rings. The van der Waals surface area contributed by atoms with Gasteiger partial charge in [0.05, 0.1) is 6.54 Å². The average Bonchev–Trinajstić information content (AvgIpc) is 2.76. The van der Waals surface area contributed by atoms with E-state index in [2.05, 4.69) is 15.1 Å². The number of halogens is 1. The molecular formula is C15H18FN3O. The summed E-state index contributed by atoms with van der Waals surface area (Å²) in [6.07, 6.45) is 5.08. The van der Waals surface area contributed by atoms with Crippen LogP contribution < -0.4 is 0 Å². The molecule has 3 rings (SSSR count). The second kappa shape index (κ2) is 6.13. The van der Waals surface area contributed by atoms with E-state index in [4.69, 9.17) is 4.42 Å². The van der Waals surface area contributed by atoms with Gasteiger partial charge in [0.25, 0.3) is 0 Å². The number of hydrogen-bond acceptors (Lipinski definition) is 4. The monoisotopic (exact) mass is 275 g/mol. The smallest absolute Gasteiger partial charge is 0.247 e. The molecule has 5 heteroatoms. The second-order valence-corrected chi connectivity index (χ2v) is 5.20. The fourth-order valence-electron chi connectivity index (χ4n) is 2.51. The molecule has 1 aromatic carbocycles. The van der Waals surface area contributed by atoms with Crippen molar-refractivity contribution in [1.29, 1.82) is 0 Å². The zero-order valence-corrected chi connectivity index (χ0v) is 11.4. The lowest BCUT2D eigenvalue weighted by molar-refractivity contribution is 0.249. The highest BCUT2D eigenvalue weighted by Crippen LogP contribution is 2.19. The van der Waals surface area contributed by atoms with Crippen molar-refractivity contribution in [3.63, 3.8) is 0 Å². The highest BCUT2D eigenvalue weighted by Gasteiger charge is 2.14. The molecular weight excluding hydrogens is 257 g/mol. The maximum atomic E-state index is 12.9. The summed E-state index contributed by atoms with van der Waals surface area (Å²) in [6.45, 7) is 2.89. The molecule has 0 amide bonds. The van der Waals surface area contributed by atoms with Crippen molar-refractivity contribution < 1.29 is 8.81 Å². The number of benzene rings is 1. The molecule has 0 unspecified atom stereocenters. The van der Waals surface area contributed by atoms with E-state index in [1.165, 1.54) is 37.8 Å². The predicted molar refractivity (Wildman–Crippen MR) is 73.4 cm³/mol. The highest BCUT2D eigenvalue weighted by molar-refractivity contribution is 5.51. The van der Waals surface area contributed by atoms with Crippen molar-refractivity contribution in [3.05, 3.63) is 36.0 Å². The molecule has 0 bridgehead atoms. The molecule has 1 aromatic heterocycles. The average molecular weight is 275 g/mol. The van der Waals surface area contributed by atoms with Crippen molar-refractivity contribution in [2.24, 2.45) is 0 Å². The van der Waals surface area contributed by atoms with Crippen LogP contribution in [0.1, 0.15) is 31.6 Å². The van der Waals surface area contributed by atoms with Gasteiger partial charge in [0.15, 0.2) is 0 Å². The molecule has 106 valence electrons. The minimum Gasteiger partial charge on any atom is -0.419 e. The zero-order chi connectivity index (χ0) is 13.8. The molecule has 4 nitrogen and oxygen atoms in total. The van der Waals surface area contributed by atoms with Crippen LogP contribution in [0.25, 0.3) is 11.5 Å². The van der Waals surface area contributed by atoms with Gasteiger partial charge >= 0.3 is 0 Å². The van der Waals surface area contributed by atoms with Gasteiger partial charge in [-0.05, 0) is 50.2 Å². The van der Waals surface area contributed by atoms with Gasteiger partial charge in [-0.15, -0.1) is 10.2 Å². The number of hydrogen-bond donors (Lipinski definition) is 0. The van der Waals surface area contributed by atoms with Gasteiger partial charge in [-0.1, -0.05) is 12.8 Å². The Bertz CT molecular complexity index is 545. The van der Waals surface area contributed by atoms with Gasteiger partial charge in [-0.25, -0.2) is 4.39 Å². The molecule has 0 saturated carbocycles. The maximum absolute atomic E-state index is 12.9. The molecule has 1 fully saturated rings. The maximum Gasteiger partial charge on any atom is 0.247 e. The Morgan fingerprint density at radius 3 is 2.40 bits per heavy atom. The Balaban J connectivity index is 1.68. The number of likely N-dealkylation sites (tertiary alicyclic amines) is 1. The molecule has 0 N–H and O–H groups in total. The first-order chi connectivity index (χ1) is 9.81. The van der Waals surface area contributed by atoms with E-state index in [0.717, 1.165) is 18.7 Å². The first-order valence-corrected chi connectivity index (χ1v) is 7.12. The van der Waals surface area contributed by atoms with Crippen LogP contribution in [0.4, 0.5) is 4.39 Å². The predicted octanol–water partition coefficient (Wildman–Crippen LogP) is 3.25. The van der Waals surface area contributed by atoms with Gasteiger partial charge in [-0.2, -0.15) is 0 Å². The van der Waals surface area contributed by atoms with Crippen LogP contribution in [0, 0.1) is 5.82 Å². The van der Waals surface area contributed by atoms with Crippen molar-refractivity contribution in [2.45, 2.75) is 32.2 Å². The van der Waals surface area contributed by atoms with Crippen molar-refractivity contribution >= 4 is 0 Å². The van der Waals surface area contributed by atoms with Gasteiger partial charge in [0, 0.05) is 5.56 Å². The van der Waals surface area contributed by atoms with Gasteiger partial charge in [0.2, 0.25) is 11.8 Å². The molecule has 2 heterocycles. The minimum absolute atomic E-state index is 0.266. The van der Waals surface area contributed by atoms with Gasteiger partial charge in [0.1, 0.15) is 5.82 Å². The lowest BCUT2D eigenvalue weighted by Gasteiger charge is -2.16. The molecule has 0 spiro atoms. The van der Waals surface area contributed by atoms with E-state index < -0.39 is 0 Å². The Morgan fingerprint density at radius 2 is 1.70 bits per heavy atom. The molecule has 1 saturated heterocycles. The quantitative estimate of drug-likeness (QED) is 0.862. The second-order valence-electron chi connectivity index (χ2n) is 5.20. The van der Waals surface area contributed by atoms with E-state index in [0.29, 0.717) is 18.3 Å². The number of rotatable bonds is 3. The fourth-order valence-corrected chi connectivity index (χ4v) is 2.51.